The molecule has 0 amide bonds. The molecule has 3 heteroatoms. The van der Waals surface area contributed by atoms with Gasteiger partial charge in [0, 0.05) is 11.4 Å². The molecule has 17 heavy (non-hydrogen) atoms. The fraction of sp³-hybridized carbons (Fsp3) is 0.286. The molecule has 0 fully saturated rings. The van der Waals surface area contributed by atoms with Crippen molar-refractivity contribution < 1.29 is 4.21 Å². The van der Waals surface area contributed by atoms with Crippen LogP contribution in [0, 0.1) is 0 Å². The lowest BCUT2D eigenvalue weighted by molar-refractivity contribution is 0.664. The smallest absolute Gasteiger partial charge is 0.0573 e. The highest BCUT2D eigenvalue weighted by Crippen LogP contribution is 2.20. The molecule has 2 unspecified atom stereocenters. The van der Waals surface area contributed by atoms with Crippen LogP contribution in [-0.4, -0.2) is 16.0 Å². The van der Waals surface area contributed by atoms with Crippen molar-refractivity contribution in [3.63, 3.8) is 0 Å². The number of nitrogens with two attached hydrogens (primary N) is 1. The Labute approximate surface area is 104 Å². The third kappa shape index (κ3) is 2.56. The van der Waals surface area contributed by atoms with Crippen LogP contribution < -0.4 is 5.73 Å². The second-order valence-electron chi connectivity index (χ2n) is 4.07. The van der Waals surface area contributed by atoms with Gasteiger partial charge in [-0.2, -0.15) is 0 Å². The Kier molecular flexibility index (Phi) is 3.92. The van der Waals surface area contributed by atoms with E-state index in [4.69, 9.17) is 5.73 Å². The van der Waals surface area contributed by atoms with Crippen LogP contribution >= 0.6 is 0 Å². The van der Waals surface area contributed by atoms with Gasteiger partial charge in [-0.3, -0.25) is 4.21 Å². The fourth-order valence-electron chi connectivity index (χ4n) is 1.89. The molecule has 0 saturated heterocycles. The summed E-state index contributed by atoms with van der Waals surface area (Å²) in [7, 11) is -1.00. The SMILES string of the molecule is CCC(CN)S(=O)c1ccc2ccccc2c1. The summed E-state index contributed by atoms with van der Waals surface area (Å²) < 4.78 is 12.3. The van der Waals surface area contributed by atoms with Gasteiger partial charge in [0.15, 0.2) is 0 Å². The summed E-state index contributed by atoms with van der Waals surface area (Å²) in [5, 5.41) is 2.36. The second-order valence-corrected chi connectivity index (χ2v) is 5.81. The zero-order chi connectivity index (χ0) is 12.3. The molecule has 0 saturated carbocycles. The third-order valence-electron chi connectivity index (χ3n) is 2.97. The molecule has 2 nitrogen and oxygen atoms in total. The maximum absolute atomic E-state index is 12.3. The molecule has 2 N–H and O–H groups in total. The minimum atomic E-state index is -1.00. The Hall–Kier alpha value is -1.19. The summed E-state index contributed by atoms with van der Waals surface area (Å²) in [5.74, 6) is 0. The van der Waals surface area contributed by atoms with E-state index in [1.807, 2.05) is 43.3 Å². The maximum atomic E-state index is 12.3. The molecule has 0 aromatic heterocycles. The minimum Gasteiger partial charge on any atom is -0.329 e. The van der Waals surface area contributed by atoms with E-state index in [1.54, 1.807) is 0 Å². The van der Waals surface area contributed by atoms with E-state index in [9.17, 15) is 4.21 Å². The standard InChI is InChI=1S/C14H17NOS/c1-2-13(10-15)17(16)14-8-7-11-5-3-4-6-12(11)9-14/h3-9,13H,2,10,15H2,1H3. The van der Waals surface area contributed by atoms with Gasteiger partial charge in [-0.25, -0.2) is 0 Å². The van der Waals surface area contributed by atoms with Crippen LogP contribution in [0.5, 0.6) is 0 Å². The molecule has 0 radical (unpaired) electrons. The molecule has 2 atom stereocenters. The van der Waals surface area contributed by atoms with Crippen molar-refractivity contribution in [3.8, 4) is 0 Å². The summed E-state index contributed by atoms with van der Waals surface area (Å²) in [5.41, 5.74) is 5.64. The monoisotopic (exact) mass is 247 g/mol. The lowest BCUT2D eigenvalue weighted by atomic mass is 10.1. The summed E-state index contributed by atoms with van der Waals surface area (Å²) >= 11 is 0. The van der Waals surface area contributed by atoms with Crippen LogP contribution in [0.2, 0.25) is 0 Å². The Morgan fingerprint density at radius 2 is 1.88 bits per heavy atom. The van der Waals surface area contributed by atoms with E-state index >= 15 is 0 Å². The molecule has 0 spiro atoms. The van der Waals surface area contributed by atoms with Crippen molar-refractivity contribution in [1.29, 1.82) is 0 Å². The Bertz CT molecular complexity index is 534. The molecular formula is C14H17NOS. The van der Waals surface area contributed by atoms with E-state index in [0.717, 1.165) is 16.7 Å². The number of rotatable bonds is 4. The first-order valence-electron chi connectivity index (χ1n) is 5.85. The van der Waals surface area contributed by atoms with Crippen LogP contribution in [-0.2, 0) is 10.8 Å². The Balaban J connectivity index is 2.39. The number of benzene rings is 2. The highest BCUT2D eigenvalue weighted by molar-refractivity contribution is 7.85. The van der Waals surface area contributed by atoms with Crippen LogP contribution in [0.1, 0.15) is 13.3 Å². The molecule has 0 heterocycles. The fourth-order valence-corrected chi connectivity index (χ4v) is 3.20. The van der Waals surface area contributed by atoms with Gasteiger partial charge >= 0.3 is 0 Å². The van der Waals surface area contributed by atoms with Crippen LogP contribution in [0.3, 0.4) is 0 Å². The summed E-state index contributed by atoms with van der Waals surface area (Å²) in [6.07, 6.45) is 0.843. The molecule has 90 valence electrons. The first kappa shape index (κ1) is 12.3. The maximum Gasteiger partial charge on any atom is 0.0573 e. The molecule has 0 aliphatic heterocycles. The molecule has 0 aliphatic carbocycles. The number of fused-ring (bicyclic) bond motifs is 1. The quantitative estimate of drug-likeness (QED) is 0.902. The second kappa shape index (κ2) is 5.43. The summed E-state index contributed by atoms with van der Waals surface area (Å²) in [4.78, 5) is 0.876. The van der Waals surface area contributed by atoms with E-state index in [2.05, 4.69) is 6.07 Å². The lowest BCUT2D eigenvalue weighted by Crippen LogP contribution is -2.24. The van der Waals surface area contributed by atoms with Crippen molar-refractivity contribution in [3.05, 3.63) is 42.5 Å². The van der Waals surface area contributed by atoms with Crippen molar-refractivity contribution in [2.75, 3.05) is 6.54 Å². The molecule has 0 bridgehead atoms. The van der Waals surface area contributed by atoms with Crippen molar-refractivity contribution in [1.82, 2.24) is 0 Å². The highest BCUT2D eigenvalue weighted by Gasteiger charge is 2.14. The van der Waals surface area contributed by atoms with Crippen molar-refractivity contribution in [2.45, 2.75) is 23.5 Å². The van der Waals surface area contributed by atoms with E-state index in [0.29, 0.717) is 6.54 Å². The zero-order valence-corrected chi connectivity index (χ0v) is 10.7. The van der Waals surface area contributed by atoms with Crippen molar-refractivity contribution in [2.24, 2.45) is 5.73 Å². The van der Waals surface area contributed by atoms with Gasteiger partial charge in [0.05, 0.1) is 16.0 Å². The Morgan fingerprint density at radius 1 is 1.18 bits per heavy atom. The predicted octanol–water partition coefficient (Wildman–Crippen LogP) is 2.68. The predicted molar refractivity (Wildman–Crippen MR) is 73.5 cm³/mol. The van der Waals surface area contributed by atoms with E-state index in [-0.39, 0.29) is 5.25 Å². The topological polar surface area (TPSA) is 43.1 Å². The summed E-state index contributed by atoms with van der Waals surface area (Å²) in [6.45, 7) is 2.49. The van der Waals surface area contributed by atoms with Crippen LogP contribution in [0.25, 0.3) is 10.8 Å². The van der Waals surface area contributed by atoms with Gasteiger partial charge in [0.1, 0.15) is 0 Å². The molecule has 2 aromatic rings. The molecule has 2 rings (SSSR count). The van der Waals surface area contributed by atoms with E-state index < -0.39 is 10.8 Å². The Morgan fingerprint density at radius 3 is 2.53 bits per heavy atom. The van der Waals surface area contributed by atoms with Gasteiger partial charge in [-0.15, -0.1) is 0 Å². The zero-order valence-electron chi connectivity index (χ0n) is 9.93. The van der Waals surface area contributed by atoms with Crippen LogP contribution in [0.15, 0.2) is 47.4 Å². The van der Waals surface area contributed by atoms with Gasteiger partial charge in [0.2, 0.25) is 0 Å². The third-order valence-corrected chi connectivity index (χ3v) is 4.82. The minimum absolute atomic E-state index is 0.0520. The summed E-state index contributed by atoms with van der Waals surface area (Å²) in [6, 6.07) is 14.1. The van der Waals surface area contributed by atoms with E-state index in [1.165, 1.54) is 5.39 Å². The lowest BCUT2D eigenvalue weighted by Gasteiger charge is -2.12. The number of hydrogen-bond acceptors (Lipinski definition) is 2. The first-order valence-corrected chi connectivity index (χ1v) is 7.07. The van der Waals surface area contributed by atoms with Gasteiger partial charge < -0.3 is 5.73 Å². The normalized spacial score (nSPS) is 14.7. The first-order chi connectivity index (χ1) is 8.26. The van der Waals surface area contributed by atoms with Gasteiger partial charge in [0.25, 0.3) is 0 Å². The average molecular weight is 247 g/mol. The number of hydrogen-bond donors (Lipinski definition) is 1. The van der Waals surface area contributed by atoms with Gasteiger partial charge in [-0.05, 0) is 29.3 Å². The van der Waals surface area contributed by atoms with Crippen molar-refractivity contribution >= 4 is 21.6 Å². The molecular weight excluding hydrogens is 230 g/mol. The van der Waals surface area contributed by atoms with Gasteiger partial charge in [-0.1, -0.05) is 37.3 Å². The molecule has 0 aliphatic rings. The van der Waals surface area contributed by atoms with Crippen LogP contribution in [0.4, 0.5) is 0 Å². The molecule has 2 aromatic carbocycles. The largest absolute Gasteiger partial charge is 0.329 e. The average Bonchev–Trinajstić information content (AvgIpc) is 2.39. The highest BCUT2D eigenvalue weighted by atomic mass is 32.2.